The summed E-state index contributed by atoms with van der Waals surface area (Å²) in [6.45, 7) is 0. The van der Waals surface area contributed by atoms with E-state index in [1.807, 2.05) is 30.3 Å². The average Bonchev–Trinajstić information content (AvgIpc) is 2.62. The fourth-order valence-electron chi connectivity index (χ4n) is 2.35. The van der Waals surface area contributed by atoms with Crippen molar-refractivity contribution in [1.82, 2.24) is 10.3 Å². The number of amides is 1. The van der Waals surface area contributed by atoms with Crippen molar-refractivity contribution < 1.29 is 9.53 Å². The number of nitrogens with zero attached hydrogens (tertiary/aromatic N) is 1. The molecule has 7 heteroatoms. The minimum Gasteiger partial charge on any atom is -0.495 e. The van der Waals surface area contributed by atoms with Gasteiger partial charge in [-0.05, 0) is 54.7 Å². The van der Waals surface area contributed by atoms with E-state index in [-0.39, 0.29) is 11.0 Å². The molecule has 3 rings (SSSR count). The van der Waals surface area contributed by atoms with Crippen LogP contribution in [0.15, 0.2) is 54.7 Å². The molecular weight excluding hydrogens is 358 g/mol. The van der Waals surface area contributed by atoms with Crippen LogP contribution in [0.1, 0.15) is 10.4 Å². The molecule has 1 heterocycles. The number of nitrogens with one attached hydrogen (secondary N) is 2. The summed E-state index contributed by atoms with van der Waals surface area (Å²) in [6.07, 6.45) is 1.72. The summed E-state index contributed by atoms with van der Waals surface area (Å²) in [5.41, 5.74) is 1.99. The number of carbonyl (C=O) groups is 1. The Bertz CT molecular complexity index is 957. The highest BCUT2D eigenvalue weighted by Crippen LogP contribution is 2.25. The van der Waals surface area contributed by atoms with Crippen LogP contribution < -0.4 is 15.4 Å². The quantitative estimate of drug-likeness (QED) is 0.681. The summed E-state index contributed by atoms with van der Waals surface area (Å²) in [4.78, 5) is 16.6. The zero-order valence-corrected chi connectivity index (χ0v) is 14.8. The van der Waals surface area contributed by atoms with Gasteiger partial charge >= 0.3 is 0 Å². The van der Waals surface area contributed by atoms with Gasteiger partial charge < -0.3 is 10.1 Å². The van der Waals surface area contributed by atoms with Crippen molar-refractivity contribution in [2.24, 2.45) is 0 Å². The van der Waals surface area contributed by atoms with E-state index in [1.165, 1.54) is 13.2 Å². The lowest BCUT2D eigenvalue weighted by molar-refractivity contribution is 0.0977. The van der Waals surface area contributed by atoms with E-state index in [0.717, 1.165) is 16.6 Å². The Hall–Kier alpha value is -2.70. The molecule has 0 atom stereocenters. The predicted octanol–water partition coefficient (Wildman–Crippen LogP) is 4.02. The van der Waals surface area contributed by atoms with Crippen LogP contribution in [-0.2, 0) is 0 Å². The van der Waals surface area contributed by atoms with E-state index in [0.29, 0.717) is 16.3 Å². The molecule has 0 radical (unpaired) electrons. The Labute approximate surface area is 155 Å². The Balaban J connectivity index is 1.73. The van der Waals surface area contributed by atoms with Crippen LogP contribution in [0.2, 0.25) is 5.02 Å². The molecule has 0 unspecified atom stereocenters. The van der Waals surface area contributed by atoms with Gasteiger partial charge in [0.15, 0.2) is 5.11 Å². The molecule has 0 aliphatic rings. The lowest BCUT2D eigenvalue weighted by Gasteiger charge is -2.12. The Morgan fingerprint density at radius 2 is 2.04 bits per heavy atom. The molecule has 0 spiro atoms. The van der Waals surface area contributed by atoms with E-state index in [2.05, 4.69) is 15.6 Å². The normalized spacial score (nSPS) is 10.3. The van der Waals surface area contributed by atoms with Crippen LogP contribution >= 0.6 is 23.8 Å². The van der Waals surface area contributed by atoms with E-state index < -0.39 is 0 Å². The first-order valence-electron chi connectivity index (χ1n) is 7.38. The van der Waals surface area contributed by atoms with Gasteiger partial charge in [-0.2, -0.15) is 0 Å². The van der Waals surface area contributed by atoms with Crippen LogP contribution in [0.4, 0.5) is 5.69 Å². The summed E-state index contributed by atoms with van der Waals surface area (Å²) < 4.78 is 5.07. The Morgan fingerprint density at radius 1 is 1.20 bits per heavy atom. The SMILES string of the molecule is COc1ccc(C(=O)NC(=S)Nc2cccc3ncccc23)cc1Cl. The van der Waals surface area contributed by atoms with Gasteiger partial charge in [0.2, 0.25) is 0 Å². The fraction of sp³-hybridized carbons (Fsp3) is 0.0556. The van der Waals surface area contributed by atoms with Gasteiger partial charge in [0.25, 0.3) is 5.91 Å². The summed E-state index contributed by atoms with van der Waals surface area (Å²) in [5, 5.41) is 7.12. The van der Waals surface area contributed by atoms with Gasteiger partial charge in [-0.1, -0.05) is 17.7 Å². The van der Waals surface area contributed by atoms with Gasteiger partial charge in [-0.3, -0.25) is 15.1 Å². The van der Waals surface area contributed by atoms with E-state index in [4.69, 9.17) is 28.6 Å². The lowest BCUT2D eigenvalue weighted by atomic mass is 10.2. The summed E-state index contributed by atoms with van der Waals surface area (Å²) in [7, 11) is 1.51. The van der Waals surface area contributed by atoms with Crippen LogP contribution in [0.3, 0.4) is 0 Å². The standard InChI is InChI=1S/C18H14ClN3O2S/c1-24-16-8-7-11(10-13(16)19)17(23)22-18(25)21-15-6-2-5-14-12(15)4-3-9-20-14/h2-10H,1H3,(H2,21,22,23,25). The second kappa shape index (κ2) is 7.46. The third-order valence-corrected chi connectivity index (χ3v) is 4.03. The number of hydrogen-bond donors (Lipinski definition) is 2. The number of carbonyl (C=O) groups excluding carboxylic acids is 1. The zero-order valence-electron chi connectivity index (χ0n) is 13.2. The first kappa shape index (κ1) is 17.1. The van der Waals surface area contributed by atoms with Gasteiger partial charge in [-0.25, -0.2) is 0 Å². The highest BCUT2D eigenvalue weighted by Gasteiger charge is 2.11. The van der Waals surface area contributed by atoms with Crippen molar-refractivity contribution in [2.45, 2.75) is 0 Å². The number of rotatable bonds is 3. The number of aromatic nitrogens is 1. The number of thiocarbonyl (C=S) groups is 1. The molecule has 0 bridgehead atoms. The first-order valence-corrected chi connectivity index (χ1v) is 8.17. The minimum atomic E-state index is -0.361. The van der Waals surface area contributed by atoms with Gasteiger partial charge in [0.1, 0.15) is 5.75 Å². The average molecular weight is 372 g/mol. The van der Waals surface area contributed by atoms with Crippen molar-refractivity contribution in [2.75, 3.05) is 12.4 Å². The number of anilines is 1. The minimum absolute atomic E-state index is 0.188. The van der Waals surface area contributed by atoms with Gasteiger partial charge in [0.05, 0.1) is 17.6 Å². The topological polar surface area (TPSA) is 63.2 Å². The monoisotopic (exact) mass is 371 g/mol. The molecule has 1 amide bonds. The maximum absolute atomic E-state index is 12.3. The molecule has 0 fully saturated rings. The molecule has 1 aromatic heterocycles. The molecule has 5 nitrogen and oxygen atoms in total. The number of halogens is 1. The Kier molecular flexibility index (Phi) is 5.11. The smallest absolute Gasteiger partial charge is 0.257 e. The highest BCUT2D eigenvalue weighted by atomic mass is 35.5. The van der Waals surface area contributed by atoms with Crippen LogP contribution in [0.25, 0.3) is 10.9 Å². The van der Waals surface area contributed by atoms with Crippen molar-refractivity contribution in [1.29, 1.82) is 0 Å². The zero-order chi connectivity index (χ0) is 17.8. The summed E-state index contributed by atoms with van der Waals surface area (Å²) in [5.74, 6) is 0.141. The fourth-order valence-corrected chi connectivity index (χ4v) is 2.81. The Morgan fingerprint density at radius 3 is 2.80 bits per heavy atom. The van der Waals surface area contributed by atoms with E-state index in [9.17, 15) is 4.79 Å². The second-order valence-corrected chi connectivity index (χ2v) is 5.95. The molecular formula is C18H14ClN3O2S. The van der Waals surface area contributed by atoms with Crippen LogP contribution in [-0.4, -0.2) is 23.1 Å². The molecule has 126 valence electrons. The van der Waals surface area contributed by atoms with E-state index >= 15 is 0 Å². The first-order chi connectivity index (χ1) is 12.1. The van der Waals surface area contributed by atoms with Gasteiger partial charge in [0, 0.05) is 22.8 Å². The summed E-state index contributed by atoms with van der Waals surface area (Å²) >= 11 is 11.3. The van der Waals surface area contributed by atoms with Gasteiger partial charge in [-0.15, -0.1) is 0 Å². The van der Waals surface area contributed by atoms with E-state index in [1.54, 1.807) is 18.3 Å². The highest BCUT2D eigenvalue weighted by molar-refractivity contribution is 7.80. The molecule has 0 aliphatic heterocycles. The number of ether oxygens (including phenoxy) is 1. The number of methoxy groups -OCH3 is 1. The molecule has 25 heavy (non-hydrogen) atoms. The summed E-state index contributed by atoms with van der Waals surface area (Å²) in [6, 6.07) is 14.2. The second-order valence-electron chi connectivity index (χ2n) is 5.13. The number of hydrogen-bond acceptors (Lipinski definition) is 4. The van der Waals surface area contributed by atoms with Crippen molar-refractivity contribution in [3.05, 3.63) is 65.3 Å². The molecule has 0 aliphatic carbocycles. The maximum Gasteiger partial charge on any atom is 0.257 e. The molecule has 2 aromatic carbocycles. The third-order valence-electron chi connectivity index (χ3n) is 3.53. The molecule has 2 N–H and O–H groups in total. The number of benzene rings is 2. The molecule has 0 saturated heterocycles. The number of fused-ring (bicyclic) bond motifs is 1. The molecule has 3 aromatic rings. The third kappa shape index (κ3) is 3.87. The van der Waals surface area contributed by atoms with Crippen molar-refractivity contribution in [3.8, 4) is 5.75 Å². The molecule has 0 saturated carbocycles. The predicted molar refractivity (Wildman–Crippen MR) is 103 cm³/mol. The lowest BCUT2D eigenvalue weighted by Crippen LogP contribution is -2.34. The number of pyridine rings is 1. The maximum atomic E-state index is 12.3. The van der Waals surface area contributed by atoms with Crippen molar-refractivity contribution in [3.63, 3.8) is 0 Å². The van der Waals surface area contributed by atoms with Crippen LogP contribution in [0.5, 0.6) is 5.75 Å². The van der Waals surface area contributed by atoms with Crippen LogP contribution in [0, 0.1) is 0 Å². The largest absolute Gasteiger partial charge is 0.495 e. The van der Waals surface area contributed by atoms with Crippen molar-refractivity contribution >= 4 is 51.4 Å².